The minimum absolute atomic E-state index is 0.130. The molecule has 4 heteroatoms. The van der Waals surface area contributed by atoms with E-state index >= 15 is 0 Å². The summed E-state index contributed by atoms with van der Waals surface area (Å²) in [4.78, 5) is 12.8. The van der Waals surface area contributed by atoms with Crippen molar-refractivity contribution < 1.29 is 4.79 Å². The number of hydrogen-bond donors (Lipinski definition) is 1. The largest absolute Gasteiger partial charge is 0.319 e. The van der Waals surface area contributed by atoms with Crippen LogP contribution < -0.4 is 5.32 Å². The van der Waals surface area contributed by atoms with Gasteiger partial charge in [0.2, 0.25) is 0 Å². The Labute approximate surface area is 170 Å². The molecule has 3 aromatic carbocycles. The fraction of sp³-hybridized carbons (Fsp3) is 0.120. The summed E-state index contributed by atoms with van der Waals surface area (Å²) < 4.78 is 1.93. The van der Waals surface area contributed by atoms with Crippen molar-refractivity contribution in [3.05, 3.63) is 107 Å². The van der Waals surface area contributed by atoms with Crippen LogP contribution in [0.2, 0.25) is 0 Å². The van der Waals surface area contributed by atoms with Gasteiger partial charge in [0.05, 0.1) is 23.6 Å². The van der Waals surface area contributed by atoms with Crippen LogP contribution in [0.4, 0.5) is 5.69 Å². The predicted molar refractivity (Wildman–Crippen MR) is 117 cm³/mol. The van der Waals surface area contributed by atoms with E-state index in [0.29, 0.717) is 12.1 Å². The summed E-state index contributed by atoms with van der Waals surface area (Å²) in [5.41, 5.74) is 6.55. The van der Waals surface area contributed by atoms with Crippen molar-refractivity contribution in [3.8, 4) is 11.1 Å². The van der Waals surface area contributed by atoms with E-state index in [1.807, 2.05) is 79.2 Å². The molecule has 4 rings (SSSR count). The number of nitrogens with one attached hydrogen (secondary N) is 1. The molecule has 0 atom stereocenters. The van der Waals surface area contributed by atoms with E-state index < -0.39 is 0 Å². The summed E-state index contributed by atoms with van der Waals surface area (Å²) in [7, 11) is 0. The van der Waals surface area contributed by atoms with Gasteiger partial charge in [0.1, 0.15) is 0 Å². The third kappa shape index (κ3) is 4.11. The van der Waals surface area contributed by atoms with Gasteiger partial charge in [0.25, 0.3) is 5.91 Å². The molecule has 1 N–H and O–H groups in total. The molecule has 0 bridgehead atoms. The zero-order valence-electron chi connectivity index (χ0n) is 16.6. The molecule has 0 fully saturated rings. The number of carbonyl (C=O) groups is 1. The van der Waals surface area contributed by atoms with Crippen LogP contribution in [0.1, 0.15) is 27.3 Å². The number of hydrogen-bond acceptors (Lipinski definition) is 2. The van der Waals surface area contributed by atoms with E-state index in [1.54, 1.807) is 0 Å². The quantitative estimate of drug-likeness (QED) is 0.498. The zero-order chi connectivity index (χ0) is 20.2. The van der Waals surface area contributed by atoms with Gasteiger partial charge in [-0.25, -0.2) is 0 Å². The summed E-state index contributed by atoms with van der Waals surface area (Å²) in [6.07, 6.45) is 0. The number of benzene rings is 3. The average molecular weight is 381 g/mol. The van der Waals surface area contributed by atoms with Crippen LogP contribution in [0.3, 0.4) is 0 Å². The highest BCUT2D eigenvalue weighted by atomic mass is 16.1. The molecule has 0 spiro atoms. The van der Waals surface area contributed by atoms with Gasteiger partial charge in [-0.15, -0.1) is 0 Å². The van der Waals surface area contributed by atoms with Gasteiger partial charge in [-0.2, -0.15) is 5.10 Å². The Morgan fingerprint density at radius 2 is 1.41 bits per heavy atom. The summed E-state index contributed by atoms with van der Waals surface area (Å²) in [6.45, 7) is 4.58. The zero-order valence-corrected chi connectivity index (χ0v) is 16.6. The van der Waals surface area contributed by atoms with Gasteiger partial charge in [0.15, 0.2) is 0 Å². The molecule has 0 saturated carbocycles. The number of carbonyl (C=O) groups excluding carboxylic acids is 1. The van der Waals surface area contributed by atoms with Crippen LogP contribution in [0.5, 0.6) is 0 Å². The number of nitrogens with zero attached hydrogens (tertiary/aromatic N) is 2. The molecule has 1 amide bonds. The highest BCUT2D eigenvalue weighted by Crippen LogP contribution is 2.23. The molecule has 0 aliphatic carbocycles. The first kappa shape index (κ1) is 18.7. The molecule has 0 aliphatic rings. The van der Waals surface area contributed by atoms with Crippen LogP contribution in [0.15, 0.2) is 84.9 Å². The lowest BCUT2D eigenvalue weighted by molar-refractivity contribution is 0.102. The van der Waals surface area contributed by atoms with Crippen molar-refractivity contribution >= 4 is 11.6 Å². The molecule has 0 radical (unpaired) electrons. The van der Waals surface area contributed by atoms with E-state index in [-0.39, 0.29) is 5.91 Å². The molecule has 4 nitrogen and oxygen atoms in total. The van der Waals surface area contributed by atoms with Crippen molar-refractivity contribution in [1.29, 1.82) is 0 Å². The van der Waals surface area contributed by atoms with Crippen molar-refractivity contribution in [1.82, 2.24) is 9.78 Å². The van der Waals surface area contributed by atoms with E-state index in [2.05, 4.69) is 34.7 Å². The molecule has 1 aromatic heterocycles. The van der Waals surface area contributed by atoms with Crippen LogP contribution in [-0.2, 0) is 6.54 Å². The number of anilines is 1. The molecule has 1 heterocycles. The average Bonchev–Trinajstić information content (AvgIpc) is 3.02. The molecule has 0 saturated heterocycles. The Balaban J connectivity index is 1.51. The number of rotatable bonds is 5. The molecule has 144 valence electrons. The molecule has 0 unspecified atom stereocenters. The van der Waals surface area contributed by atoms with Gasteiger partial charge >= 0.3 is 0 Å². The monoisotopic (exact) mass is 381 g/mol. The van der Waals surface area contributed by atoms with Crippen molar-refractivity contribution in [2.24, 2.45) is 0 Å². The summed E-state index contributed by atoms with van der Waals surface area (Å²) in [5, 5.41) is 7.65. The fourth-order valence-corrected chi connectivity index (χ4v) is 3.42. The lowest BCUT2D eigenvalue weighted by atomic mass is 10.0. The minimum Gasteiger partial charge on any atom is -0.319 e. The summed E-state index contributed by atoms with van der Waals surface area (Å²) >= 11 is 0. The second-order valence-electron chi connectivity index (χ2n) is 7.09. The van der Waals surface area contributed by atoms with Crippen molar-refractivity contribution in [3.63, 3.8) is 0 Å². The van der Waals surface area contributed by atoms with Gasteiger partial charge in [-0.05, 0) is 42.7 Å². The maximum atomic E-state index is 12.8. The molecule has 29 heavy (non-hydrogen) atoms. The lowest BCUT2D eigenvalue weighted by Gasteiger charge is -2.08. The van der Waals surface area contributed by atoms with Crippen LogP contribution in [-0.4, -0.2) is 15.7 Å². The Hall–Kier alpha value is -3.66. The third-order valence-corrected chi connectivity index (χ3v) is 5.05. The van der Waals surface area contributed by atoms with Crippen LogP contribution in [0.25, 0.3) is 11.1 Å². The maximum Gasteiger partial charge on any atom is 0.255 e. The second-order valence-corrected chi connectivity index (χ2v) is 7.09. The van der Waals surface area contributed by atoms with Crippen LogP contribution >= 0.6 is 0 Å². The van der Waals surface area contributed by atoms with E-state index in [4.69, 9.17) is 0 Å². The van der Waals surface area contributed by atoms with Crippen molar-refractivity contribution in [2.75, 3.05) is 5.32 Å². The summed E-state index contributed by atoms with van der Waals surface area (Å²) in [5.74, 6) is -0.130. The lowest BCUT2D eigenvalue weighted by Crippen LogP contribution is -2.13. The minimum atomic E-state index is -0.130. The number of amides is 1. The Kier molecular flexibility index (Phi) is 5.25. The highest BCUT2D eigenvalue weighted by molar-refractivity contribution is 6.05. The first-order chi connectivity index (χ1) is 14.1. The Morgan fingerprint density at radius 1 is 0.828 bits per heavy atom. The van der Waals surface area contributed by atoms with Crippen LogP contribution in [0, 0.1) is 13.8 Å². The van der Waals surface area contributed by atoms with Gasteiger partial charge in [-0.3, -0.25) is 9.48 Å². The molecular formula is C25H23N3O. The van der Waals surface area contributed by atoms with Gasteiger partial charge in [-0.1, -0.05) is 72.8 Å². The first-order valence-corrected chi connectivity index (χ1v) is 9.66. The summed E-state index contributed by atoms with van der Waals surface area (Å²) in [6, 6.07) is 28.0. The molecular weight excluding hydrogens is 358 g/mol. The third-order valence-electron chi connectivity index (χ3n) is 5.05. The number of aromatic nitrogens is 2. The molecule has 4 aromatic rings. The van der Waals surface area contributed by atoms with Gasteiger partial charge < -0.3 is 5.32 Å². The standard InChI is InChI=1S/C25H23N3O/c1-18-24(19(2)28(27-18)17-20-9-5-3-6-10-20)26-25(29)23-15-13-22(14-16-23)21-11-7-4-8-12-21/h3-16H,17H2,1-2H3,(H,26,29). The normalized spacial score (nSPS) is 10.7. The number of aryl methyl sites for hydroxylation is 1. The maximum absolute atomic E-state index is 12.8. The van der Waals surface area contributed by atoms with E-state index in [0.717, 1.165) is 28.2 Å². The Morgan fingerprint density at radius 3 is 2.07 bits per heavy atom. The predicted octanol–water partition coefficient (Wildman–Crippen LogP) is 5.47. The van der Waals surface area contributed by atoms with E-state index in [9.17, 15) is 4.79 Å². The first-order valence-electron chi connectivity index (χ1n) is 9.66. The van der Waals surface area contributed by atoms with E-state index in [1.165, 1.54) is 5.56 Å². The SMILES string of the molecule is Cc1nn(Cc2ccccc2)c(C)c1NC(=O)c1ccc(-c2ccccc2)cc1. The van der Waals surface area contributed by atoms with Crippen molar-refractivity contribution in [2.45, 2.75) is 20.4 Å². The topological polar surface area (TPSA) is 46.9 Å². The fourth-order valence-electron chi connectivity index (χ4n) is 3.42. The Bertz CT molecular complexity index is 1110. The smallest absolute Gasteiger partial charge is 0.255 e. The molecule has 0 aliphatic heterocycles. The van der Waals surface area contributed by atoms with Gasteiger partial charge in [0, 0.05) is 5.56 Å². The highest BCUT2D eigenvalue weighted by Gasteiger charge is 2.15. The second kappa shape index (κ2) is 8.15.